The molecule has 0 saturated carbocycles. The molecule has 0 heterocycles. The van der Waals surface area contributed by atoms with E-state index in [9.17, 15) is 19.2 Å². The summed E-state index contributed by atoms with van der Waals surface area (Å²) in [5.74, 6) is -2.69. The first-order chi connectivity index (χ1) is 16.9. The van der Waals surface area contributed by atoms with Crippen LogP contribution in [0, 0.1) is 0 Å². The molecule has 3 N–H and O–H groups in total. The molecule has 35 heavy (non-hydrogen) atoms. The number of fused-ring (bicyclic) bond motifs is 3. The molecule has 0 saturated heterocycles. The van der Waals surface area contributed by atoms with Gasteiger partial charge in [-0.2, -0.15) is 0 Å². The van der Waals surface area contributed by atoms with Gasteiger partial charge in [-0.05, 0) is 22.3 Å². The van der Waals surface area contributed by atoms with Crippen molar-refractivity contribution in [3.05, 3.63) is 59.7 Å². The molecule has 10 nitrogen and oxygen atoms in total. The number of alkyl carbamates (subject to hydrolysis) is 1. The van der Waals surface area contributed by atoms with Crippen molar-refractivity contribution in [2.45, 2.75) is 24.8 Å². The van der Waals surface area contributed by atoms with Gasteiger partial charge in [0.2, 0.25) is 5.91 Å². The molecule has 0 unspecified atom stereocenters. The number of esters is 1. The van der Waals surface area contributed by atoms with Crippen molar-refractivity contribution in [2.24, 2.45) is 0 Å². The smallest absolute Gasteiger partial charge is 0.407 e. The van der Waals surface area contributed by atoms with Gasteiger partial charge in [-0.15, -0.1) is 0 Å². The number of amides is 2. The van der Waals surface area contributed by atoms with E-state index in [0.717, 1.165) is 29.4 Å². The van der Waals surface area contributed by atoms with Crippen LogP contribution in [0.1, 0.15) is 29.9 Å². The lowest BCUT2D eigenvalue weighted by atomic mass is 9.98. The summed E-state index contributed by atoms with van der Waals surface area (Å²) in [4.78, 5) is 46.3. The van der Waals surface area contributed by atoms with E-state index in [2.05, 4.69) is 27.5 Å². The normalized spacial score (nSPS) is 12.7. The molecule has 2 aromatic rings. The minimum Gasteiger partial charge on any atom is -0.480 e. The number of carboxylic acids is 1. The zero-order chi connectivity index (χ0) is 25.2. The molecule has 186 valence electrons. The Bertz CT molecular complexity index is 1030. The van der Waals surface area contributed by atoms with E-state index in [1.807, 2.05) is 36.4 Å². The van der Waals surface area contributed by atoms with Crippen molar-refractivity contribution >= 4 is 23.9 Å². The molecule has 0 aromatic heterocycles. The molecule has 1 aliphatic carbocycles. The second-order valence-corrected chi connectivity index (χ2v) is 7.85. The van der Waals surface area contributed by atoms with Gasteiger partial charge in [0.1, 0.15) is 12.6 Å². The minimum atomic E-state index is -1.37. The maximum atomic E-state index is 12.1. The summed E-state index contributed by atoms with van der Waals surface area (Å²) in [5.41, 5.74) is 4.55. The molecule has 0 fully saturated rings. The average Bonchev–Trinajstić information content (AvgIpc) is 3.18. The Hall–Kier alpha value is -3.92. The van der Waals surface area contributed by atoms with Gasteiger partial charge in [0.05, 0.1) is 26.7 Å². The number of aliphatic carboxylic acids is 1. The maximum Gasteiger partial charge on any atom is 0.407 e. The first kappa shape index (κ1) is 25.7. The number of carbonyl (C=O) groups is 4. The van der Waals surface area contributed by atoms with E-state index in [1.54, 1.807) is 0 Å². The van der Waals surface area contributed by atoms with Crippen molar-refractivity contribution in [1.82, 2.24) is 10.6 Å². The van der Waals surface area contributed by atoms with E-state index in [4.69, 9.17) is 14.6 Å². The number of carbonyl (C=O) groups excluding carboxylic acids is 3. The highest BCUT2D eigenvalue weighted by Crippen LogP contribution is 2.44. The van der Waals surface area contributed by atoms with Crippen LogP contribution in [0.25, 0.3) is 11.1 Å². The lowest BCUT2D eigenvalue weighted by molar-refractivity contribution is -0.148. The second-order valence-electron chi connectivity index (χ2n) is 7.85. The Morgan fingerprint density at radius 1 is 0.971 bits per heavy atom. The van der Waals surface area contributed by atoms with E-state index < -0.39 is 36.4 Å². The van der Waals surface area contributed by atoms with E-state index in [0.29, 0.717) is 0 Å². The molecular weight excluding hydrogens is 456 g/mol. The van der Waals surface area contributed by atoms with Crippen molar-refractivity contribution in [3.63, 3.8) is 0 Å². The lowest BCUT2D eigenvalue weighted by Crippen LogP contribution is -2.42. The summed E-state index contributed by atoms with van der Waals surface area (Å²) in [6.45, 7) is 0.542. The Morgan fingerprint density at radius 3 is 2.20 bits per heavy atom. The number of hydrogen-bond donors (Lipinski definition) is 3. The molecule has 10 heteroatoms. The maximum absolute atomic E-state index is 12.1. The van der Waals surface area contributed by atoms with Crippen LogP contribution >= 0.6 is 0 Å². The van der Waals surface area contributed by atoms with Crippen molar-refractivity contribution in [2.75, 3.05) is 33.5 Å². The third-order valence-corrected chi connectivity index (χ3v) is 5.56. The molecule has 0 radical (unpaired) electrons. The number of ether oxygens (including phenoxy) is 3. The van der Waals surface area contributed by atoms with Gasteiger partial charge in [-0.25, -0.2) is 9.59 Å². The van der Waals surface area contributed by atoms with Crippen LogP contribution in [0.4, 0.5) is 4.79 Å². The van der Waals surface area contributed by atoms with Gasteiger partial charge < -0.3 is 30.0 Å². The van der Waals surface area contributed by atoms with Crippen molar-refractivity contribution in [3.8, 4) is 11.1 Å². The van der Waals surface area contributed by atoms with Crippen LogP contribution < -0.4 is 10.6 Å². The Balaban J connectivity index is 1.33. The number of methoxy groups -OCH3 is 1. The van der Waals surface area contributed by atoms with Crippen LogP contribution in [0.15, 0.2) is 48.5 Å². The van der Waals surface area contributed by atoms with E-state index in [1.165, 1.54) is 0 Å². The van der Waals surface area contributed by atoms with E-state index >= 15 is 0 Å². The van der Waals surface area contributed by atoms with Gasteiger partial charge in [0, 0.05) is 18.9 Å². The van der Waals surface area contributed by atoms with Crippen molar-refractivity contribution in [1.29, 1.82) is 0 Å². The summed E-state index contributed by atoms with van der Waals surface area (Å²) in [7, 11) is 1.13. The van der Waals surface area contributed by atoms with Crippen LogP contribution in [-0.2, 0) is 28.6 Å². The number of rotatable bonds is 12. The van der Waals surface area contributed by atoms with Gasteiger partial charge in [-0.1, -0.05) is 48.5 Å². The second kappa shape index (κ2) is 12.5. The fourth-order valence-corrected chi connectivity index (χ4v) is 3.86. The highest BCUT2D eigenvalue weighted by atomic mass is 16.5. The fraction of sp³-hybridized carbons (Fsp3) is 0.360. The molecule has 2 amide bonds. The summed E-state index contributed by atoms with van der Waals surface area (Å²) < 4.78 is 15.1. The Morgan fingerprint density at radius 2 is 1.60 bits per heavy atom. The summed E-state index contributed by atoms with van der Waals surface area (Å²) in [5, 5.41) is 13.9. The zero-order valence-corrected chi connectivity index (χ0v) is 19.3. The molecule has 0 spiro atoms. The molecule has 0 bridgehead atoms. The monoisotopic (exact) mass is 484 g/mol. The van der Waals surface area contributed by atoms with Crippen molar-refractivity contribution < 1.29 is 38.5 Å². The number of benzene rings is 2. The van der Waals surface area contributed by atoms with Gasteiger partial charge in [0.15, 0.2) is 0 Å². The number of nitrogens with one attached hydrogen (secondary N) is 2. The first-order valence-electron chi connectivity index (χ1n) is 11.2. The fourth-order valence-electron chi connectivity index (χ4n) is 3.86. The highest BCUT2D eigenvalue weighted by Gasteiger charge is 2.29. The summed E-state index contributed by atoms with van der Waals surface area (Å²) in [6.07, 6.45) is -1.14. The zero-order valence-electron chi connectivity index (χ0n) is 19.3. The van der Waals surface area contributed by atoms with Gasteiger partial charge in [0.25, 0.3) is 0 Å². The Kier molecular flexibility index (Phi) is 9.19. The first-order valence-corrected chi connectivity index (χ1v) is 11.2. The quantitative estimate of drug-likeness (QED) is 0.307. The summed E-state index contributed by atoms with van der Waals surface area (Å²) in [6, 6.07) is 14.7. The predicted molar refractivity (Wildman–Crippen MR) is 125 cm³/mol. The van der Waals surface area contributed by atoms with E-state index in [-0.39, 0.29) is 38.7 Å². The SMILES string of the molecule is COC(=O)C[C@H](NC(=O)CCOCCNC(=O)OCC1c2ccccc2-c2ccccc21)C(=O)O. The third-order valence-electron chi connectivity index (χ3n) is 5.56. The van der Waals surface area contributed by atoms with Gasteiger partial charge in [-0.3, -0.25) is 9.59 Å². The average molecular weight is 485 g/mol. The molecule has 1 aliphatic rings. The highest BCUT2D eigenvalue weighted by molar-refractivity contribution is 5.87. The molecule has 3 rings (SSSR count). The predicted octanol–water partition coefficient (Wildman–Crippen LogP) is 2.06. The molecule has 0 aliphatic heterocycles. The molecular formula is C25H28N2O8. The standard InChI is InChI=1S/C25H28N2O8/c1-33-23(29)14-21(24(30)31)27-22(28)10-12-34-13-11-26-25(32)35-15-20-18-8-4-2-6-16(18)17-7-3-5-9-19(17)20/h2-9,20-21H,10-15H2,1H3,(H,26,32)(H,27,28)(H,30,31)/t21-/m0/s1. The third kappa shape index (κ3) is 7.03. The number of carboxylic acid groups (broad SMARTS) is 1. The summed E-state index contributed by atoms with van der Waals surface area (Å²) >= 11 is 0. The largest absolute Gasteiger partial charge is 0.480 e. The molecule has 2 aromatic carbocycles. The van der Waals surface area contributed by atoms with Crippen LogP contribution in [0.2, 0.25) is 0 Å². The van der Waals surface area contributed by atoms with Crippen LogP contribution in [0.3, 0.4) is 0 Å². The lowest BCUT2D eigenvalue weighted by Gasteiger charge is -2.15. The van der Waals surface area contributed by atoms with Crippen LogP contribution in [0.5, 0.6) is 0 Å². The topological polar surface area (TPSA) is 140 Å². The number of hydrogen-bond acceptors (Lipinski definition) is 7. The van der Waals surface area contributed by atoms with Gasteiger partial charge >= 0.3 is 18.0 Å². The van der Waals surface area contributed by atoms with Crippen LogP contribution in [-0.4, -0.2) is 68.6 Å². The minimum absolute atomic E-state index is 0.0166. The Labute approximate surface area is 202 Å². The molecule has 1 atom stereocenters.